The number of benzene rings is 2. The van der Waals surface area contributed by atoms with Crippen LogP contribution in [0.5, 0.6) is 5.75 Å². The Bertz CT molecular complexity index is 781. The smallest absolute Gasteiger partial charge is 0.256 e. The minimum Gasteiger partial charge on any atom is -0.495 e. The number of carbonyl (C=O) groups excluding carboxylic acids is 1. The molecule has 0 aliphatic heterocycles. The standard InChI is InChI=1S/C14H13ClO4S/c1-3-20(17,18)12-8-11(14(15)16)13(19-2)10-7-5-4-6-9(10)12/h4-8H,3H2,1-2H3. The number of hydrogen-bond acceptors (Lipinski definition) is 4. The average Bonchev–Trinajstić information content (AvgIpc) is 2.45. The average molecular weight is 313 g/mol. The summed E-state index contributed by atoms with van der Waals surface area (Å²) in [5.41, 5.74) is 0.0555. The molecule has 0 aromatic heterocycles. The van der Waals surface area contributed by atoms with E-state index in [2.05, 4.69) is 0 Å². The summed E-state index contributed by atoms with van der Waals surface area (Å²) in [7, 11) is -2.06. The molecule has 0 saturated carbocycles. The third-order valence-electron chi connectivity index (χ3n) is 3.09. The maximum atomic E-state index is 12.2. The molecule has 20 heavy (non-hydrogen) atoms. The first kappa shape index (κ1) is 14.8. The molecule has 0 atom stereocenters. The minimum atomic E-state index is -3.47. The second-order valence-electron chi connectivity index (χ2n) is 4.18. The van der Waals surface area contributed by atoms with Crippen molar-refractivity contribution in [2.24, 2.45) is 0 Å². The lowest BCUT2D eigenvalue weighted by molar-refractivity contribution is 0.107. The van der Waals surface area contributed by atoms with Crippen molar-refractivity contribution in [1.29, 1.82) is 0 Å². The van der Waals surface area contributed by atoms with Gasteiger partial charge in [0.05, 0.1) is 23.3 Å². The zero-order valence-electron chi connectivity index (χ0n) is 11.0. The summed E-state index contributed by atoms with van der Waals surface area (Å²) < 4.78 is 29.6. The minimum absolute atomic E-state index is 0.0555. The molecular weight excluding hydrogens is 300 g/mol. The van der Waals surface area contributed by atoms with E-state index in [4.69, 9.17) is 16.3 Å². The first-order valence-electron chi connectivity index (χ1n) is 5.94. The van der Waals surface area contributed by atoms with Gasteiger partial charge in [0.1, 0.15) is 5.75 Å². The quantitative estimate of drug-likeness (QED) is 0.814. The third kappa shape index (κ3) is 2.39. The van der Waals surface area contributed by atoms with Crippen molar-refractivity contribution in [3.8, 4) is 5.75 Å². The Morgan fingerprint density at radius 1 is 1.25 bits per heavy atom. The second-order valence-corrected chi connectivity index (χ2v) is 6.77. The van der Waals surface area contributed by atoms with Gasteiger partial charge in [0, 0.05) is 10.8 Å². The zero-order valence-corrected chi connectivity index (χ0v) is 12.6. The molecule has 2 aromatic rings. The van der Waals surface area contributed by atoms with Crippen LogP contribution in [0.3, 0.4) is 0 Å². The van der Waals surface area contributed by atoms with Crippen LogP contribution in [0.15, 0.2) is 35.2 Å². The highest BCUT2D eigenvalue weighted by Gasteiger charge is 2.22. The van der Waals surface area contributed by atoms with Gasteiger partial charge in [-0.15, -0.1) is 0 Å². The molecule has 4 nitrogen and oxygen atoms in total. The van der Waals surface area contributed by atoms with Gasteiger partial charge in [0.25, 0.3) is 5.24 Å². The Morgan fingerprint density at radius 2 is 1.85 bits per heavy atom. The molecule has 0 bridgehead atoms. The summed E-state index contributed by atoms with van der Waals surface area (Å²) in [6, 6.07) is 8.15. The van der Waals surface area contributed by atoms with Crippen molar-refractivity contribution in [3.05, 3.63) is 35.9 Å². The largest absolute Gasteiger partial charge is 0.495 e. The fourth-order valence-electron chi connectivity index (χ4n) is 2.09. The van der Waals surface area contributed by atoms with E-state index in [0.29, 0.717) is 10.8 Å². The molecule has 0 radical (unpaired) electrons. The van der Waals surface area contributed by atoms with Crippen LogP contribution < -0.4 is 4.74 Å². The molecule has 0 spiro atoms. The number of methoxy groups -OCH3 is 1. The summed E-state index contributed by atoms with van der Waals surface area (Å²) in [5, 5.41) is 0.321. The Morgan fingerprint density at radius 3 is 2.35 bits per heavy atom. The Labute approximate surface area is 122 Å². The fraction of sp³-hybridized carbons (Fsp3) is 0.214. The molecule has 0 unspecified atom stereocenters. The first-order chi connectivity index (χ1) is 9.42. The zero-order chi connectivity index (χ0) is 14.9. The number of hydrogen-bond donors (Lipinski definition) is 0. The highest BCUT2D eigenvalue weighted by atomic mass is 35.5. The van der Waals surface area contributed by atoms with E-state index in [1.54, 1.807) is 31.2 Å². The normalized spacial score (nSPS) is 11.6. The van der Waals surface area contributed by atoms with Gasteiger partial charge in [0.2, 0.25) is 0 Å². The molecule has 106 valence electrons. The summed E-state index contributed by atoms with van der Waals surface area (Å²) >= 11 is 5.54. The van der Waals surface area contributed by atoms with Crippen molar-refractivity contribution in [1.82, 2.24) is 0 Å². The van der Waals surface area contributed by atoms with Crippen LogP contribution in [0.2, 0.25) is 0 Å². The highest BCUT2D eigenvalue weighted by molar-refractivity contribution is 7.91. The number of ether oxygens (including phenoxy) is 1. The molecule has 6 heteroatoms. The van der Waals surface area contributed by atoms with E-state index in [1.807, 2.05) is 0 Å². The molecule has 0 N–H and O–H groups in total. The molecular formula is C14H13ClO4S. The predicted octanol–water partition coefficient (Wildman–Crippen LogP) is 3.02. The lowest BCUT2D eigenvalue weighted by atomic mass is 10.1. The first-order valence-corrected chi connectivity index (χ1v) is 7.97. The van der Waals surface area contributed by atoms with E-state index in [0.717, 1.165) is 0 Å². The molecule has 2 aromatic carbocycles. The Hall–Kier alpha value is -1.59. The number of carbonyl (C=O) groups is 1. The van der Waals surface area contributed by atoms with Crippen LogP contribution in [-0.4, -0.2) is 26.5 Å². The summed E-state index contributed by atoms with van der Waals surface area (Å²) in [6.07, 6.45) is 0. The van der Waals surface area contributed by atoms with E-state index in [-0.39, 0.29) is 22.0 Å². The van der Waals surface area contributed by atoms with E-state index in [9.17, 15) is 13.2 Å². The van der Waals surface area contributed by atoms with Gasteiger partial charge >= 0.3 is 0 Å². The molecule has 0 amide bonds. The number of sulfone groups is 1. The monoisotopic (exact) mass is 312 g/mol. The molecule has 0 aliphatic rings. The second kappa shape index (κ2) is 5.42. The number of rotatable bonds is 4. The fourth-order valence-corrected chi connectivity index (χ4v) is 3.36. The predicted molar refractivity (Wildman–Crippen MR) is 78.4 cm³/mol. The van der Waals surface area contributed by atoms with Crippen LogP contribution in [0, 0.1) is 0 Å². The van der Waals surface area contributed by atoms with Gasteiger partial charge in [-0.2, -0.15) is 0 Å². The van der Waals surface area contributed by atoms with Crippen molar-refractivity contribution in [3.63, 3.8) is 0 Å². The van der Waals surface area contributed by atoms with Crippen LogP contribution >= 0.6 is 11.6 Å². The van der Waals surface area contributed by atoms with Crippen LogP contribution in [-0.2, 0) is 9.84 Å². The SMILES string of the molecule is CCS(=O)(=O)c1cc(C(=O)Cl)c(OC)c2ccccc12. The van der Waals surface area contributed by atoms with Crippen LogP contribution in [0.1, 0.15) is 17.3 Å². The maximum absolute atomic E-state index is 12.2. The van der Waals surface area contributed by atoms with Gasteiger partial charge in [-0.25, -0.2) is 8.42 Å². The highest BCUT2D eigenvalue weighted by Crippen LogP contribution is 2.35. The van der Waals surface area contributed by atoms with Crippen molar-refractivity contribution in [2.75, 3.05) is 12.9 Å². The molecule has 0 fully saturated rings. The Balaban J connectivity index is 3.00. The summed E-state index contributed by atoms with van der Waals surface area (Å²) in [5.74, 6) is 0.231. The van der Waals surface area contributed by atoms with Gasteiger partial charge in [-0.3, -0.25) is 4.79 Å². The lowest BCUT2D eigenvalue weighted by Crippen LogP contribution is -2.07. The Kier molecular flexibility index (Phi) is 4.01. The maximum Gasteiger partial charge on any atom is 0.256 e. The molecule has 0 heterocycles. The van der Waals surface area contributed by atoms with Gasteiger partial charge < -0.3 is 4.74 Å². The topological polar surface area (TPSA) is 60.4 Å². The van der Waals surface area contributed by atoms with Crippen LogP contribution in [0.25, 0.3) is 10.8 Å². The van der Waals surface area contributed by atoms with Crippen LogP contribution in [0.4, 0.5) is 0 Å². The summed E-state index contributed by atoms with van der Waals surface area (Å²) in [6.45, 7) is 1.55. The molecule has 2 rings (SSSR count). The van der Waals surface area contributed by atoms with Crippen molar-refractivity contribution < 1.29 is 17.9 Å². The van der Waals surface area contributed by atoms with Gasteiger partial charge in [-0.1, -0.05) is 31.2 Å². The molecule has 0 aliphatic carbocycles. The summed E-state index contributed by atoms with van der Waals surface area (Å²) in [4.78, 5) is 11.6. The molecule has 0 saturated heterocycles. The number of halogens is 1. The van der Waals surface area contributed by atoms with E-state index >= 15 is 0 Å². The van der Waals surface area contributed by atoms with E-state index < -0.39 is 15.1 Å². The van der Waals surface area contributed by atoms with Gasteiger partial charge in [0.15, 0.2) is 9.84 Å². The van der Waals surface area contributed by atoms with Crippen molar-refractivity contribution in [2.45, 2.75) is 11.8 Å². The van der Waals surface area contributed by atoms with Gasteiger partial charge in [-0.05, 0) is 17.7 Å². The number of fused-ring (bicyclic) bond motifs is 1. The lowest BCUT2D eigenvalue weighted by Gasteiger charge is -2.13. The third-order valence-corrected chi connectivity index (χ3v) is 5.06. The van der Waals surface area contributed by atoms with Crippen molar-refractivity contribution >= 4 is 37.5 Å². The van der Waals surface area contributed by atoms with E-state index in [1.165, 1.54) is 13.2 Å².